The zero-order chi connectivity index (χ0) is 23.4. The second-order valence-electron chi connectivity index (χ2n) is 12.0. The number of fused-ring (bicyclic) bond motifs is 5. The van der Waals surface area contributed by atoms with Gasteiger partial charge in [0.1, 0.15) is 0 Å². The lowest BCUT2D eigenvalue weighted by Gasteiger charge is -2.58. The van der Waals surface area contributed by atoms with Crippen molar-refractivity contribution in [1.82, 2.24) is 4.90 Å². The van der Waals surface area contributed by atoms with Gasteiger partial charge in [-0.1, -0.05) is 24.6 Å². The Morgan fingerprint density at radius 1 is 1.15 bits per heavy atom. The third-order valence-electron chi connectivity index (χ3n) is 10.6. The molecule has 0 aromatic rings. The van der Waals surface area contributed by atoms with Gasteiger partial charge in [-0.25, -0.2) is 4.79 Å². The van der Waals surface area contributed by atoms with E-state index in [0.29, 0.717) is 43.0 Å². The largest absolute Gasteiger partial charge is 0.436 e. The van der Waals surface area contributed by atoms with Crippen LogP contribution in [0.4, 0.5) is 4.79 Å². The molecule has 3 saturated carbocycles. The van der Waals surface area contributed by atoms with Crippen LogP contribution < -0.4 is 5.73 Å². The molecule has 182 valence electrons. The molecule has 33 heavy (non-hydrogen) atoms. The average molecular weight is 456 g/mol. The van der Waals surface area contributed by atoms with Crippen molar-refractivity contribution in [3.8, 4) is 0 Å². The number of nitrogens with zero attached hydrogens (tertiary/aromatic N) is 2. The number of hydrogen-bond donors (Lipinski definition) is 1. The quantitative estimate of drug-likeness (QED) is 0.366. The highest BCUT2D eigenvalue weighted by atomic mass is 16.7. The van der Waals surface area contributed by atoms with Crippen molar-refractivity contribution < 1.29 is 14.4 Å². The SMILES string of the molecule is C/C(=N\OC(=O)N1CCC[C@H]1CN)[C@H]1CC[C@H]2[C@@H]3CCC4=CC(=O)CC[C@]4(C)[C@H]3CC[C@]12C. The van der Waals surface area contributed by atoms with Crippen LogP contribution in [-0.4, -0.2) is 41.6 Å². The Bertz CT molecular complexity index is 882. The van der Waals surface area contributed by atoms with Gasteiger partial charge in [0.15, 0.2) is 5.78 Å². The van der Waals surface area contributed by atoms with Gasteiger partial charge in [-0.3, -0.25) is 9.63 Å². The van der Waals surface area contributed by atoms with Crippen molar-refractivity contribution in [3.05, 3.63) is 11.6 Å². The minimum absolute atomic E-state index is 0.0818. The molecule has 0 radical (unpaired) electrons. The zero-order valence-electron chi connectivity index (χ0n) is 20.6. The number of rotatable bonds is 3. The third kappa shape index (κ3) is 3.67. The zero-order valence-corrected chi connectivity index (χ0v) is 20.6. The molecule has 0 aromatic heterocycles. The first-order chi connectivity index (χ1) is 15.8. The molecule has 2 N–H and O–H groups in total. The fraction of sp³-hybridized carbons (Fsp3) is 0.815. The number of amides is 1. The summed E-state index contributed by atoms with van der Waals surface area (Å²) >= 11 is 0. The molecular weight excluding hydrogens is 414 g/mol. The monoisotopic (exact) mass is 455 g/mol. The second-order valence-corrected chi connectivity index (χ2v) is 12.0. The number of oxime groups is 1. The van der Waals surface area contributed by atoms with Crippen molar-refractivity contribution >= 4 is 17.6 Å². The Kier molecular flexibility index (Phi) is 5.95. The molecule has 7 atom stereocenters. The summed E-state index contributed by atoms with van der Waals surface area (Å²) < 4.78 is 0. The summed E-state index contributed by atoms with van der Waals surface area (Å²) in [6.07, 6.45) is 12.4. The van der Waals surface area contributed by atoms with Gasteiger partial charge in [0.05, 0.1) is 5.71 Å². The minimum Gasteiger partial charge on any atom is -0.328 e. The number of carbonyl (C=O) groups is 2. The van der Waals surface area contributed by atoms with Gasteiger partial charge in [0.25, 0.3) is 0 Å². The van der Waals surface area contributed by atoms with Gasteiger partial charge in [-0.15, -0.1) is 0 Å². The van der Waals surface area contributed by atoms with Gasteiger partial charge in [0.2, 0.25) is 0 Å². The van der Waals surface area contributed by atoms with Crippen molar-refractivity contribution in [1.29, 1.82) is 0 Å². The van der Waals surface area contributed by atoms with Crippen LogP contribution in [0.5, 0.6) is 0 Å². The van der Waals surface area contributed by atoms with Gasteiger partial charge in [-0.05, 0) is 99.4 Å². The number of hydrogen-bond acceptors (Lipinski definition) is 5. The number of likely N-dealkylation sites (tertiary alicyclic amines) is 1. The van der Waals surface area contributed by atoms with Crippen LogP contribution in [0.2, 0.25) is 0 Å². The molecule has 1 heterocycles. The fourth-order valence-corrected chi connectivity index (χ4v) is 8.79. The van der Waals surface area contributed by atoms with Crippen molar-refractivity contribution in [2.45, 2.75) is 91.0 Å². The van der Waals surface area contributed by atoms with Crippen molar-refractivity contribution in [2.24, 2.45) is 45.4 Å². The standard InChI is InChI=1S/C27H41N3O3/c1-17(29-33-25(32)30-14-4-5-19(30)16-28)22-8-9-23-21-7-6-18-15-20(31)10-12-26(18,2)24(21)11-13-27(22,23)3/h15,19,21-24H,4-14,16,28H2,1-3H3/b29-17+/t19-,21-,22+,23-,24-,26-,27+/m0/s1. The summed E-state index contributed by atoms with van der Waals surface area (Å²) in [6.45, 7) is 8.15. The van der Waals surface area contributed by atoms with Crippen LogP contribution in [0.25, 0.3) is 0 Å². The van der Waals surface area contributed by atoms with E-state index in [1.165, 1.54) is 31.3 Å². The summed E-state index contributed by atoms with van der Waals surface area (Å²) in [5.74, 6) is 2.82. The van der Waals surface area contributed by atoms with Crippen LogP contribution in [0.3, 0.4) is 0 Å². The number of nitrogens with two attached hydrogens (primary N) is 1. The van der Waals surface area contributed by atoms with Crippen LogP contribution in [0.1, 0.15) is 85.0 Å². The minimum atomic E-state index is -0.350. The van der Waals surface area contributed by atoms with E-state index >= 15 is 0 Å². The molecule has 0 aromatic carbocycles. The Morgan fingerprint density at radius 3 is 2.76 bits per heavy atom. The number of carbonyl (C=O) groups excluding carboxylic acids is 2. The van der Waals surface area contributed by atoms with Crippen LogP contribution >= 0.6 is 0 Å². The molecule has 0 bridgehead atoms. The summed E-state index contributed by atoms with van der Waals surface area (Å²) in [7, 11) is 0. The van der Waals surface area contributed by atoms with Crippen LogP contribution in [-0.2, 0) is 9.63 Å². The van der Waals surface area contributed by atoms with E-state index in [9.17, 15) is 9.59 Å². The lowest BCUT2D eigenvalue weighted by Crippen LogP contribution is -2.51. The highest BCUT2D eigenvalue weighted by Gasteiger charge is 2.59. The number of allylic oxidation sites excluding steroid dienone is 1. The van der Waals surface area contributed by atoms with Crippen molar-refractivity contribution in [2.75, 3.05) is 13.1 Å². The topological polar surface area (TPSA) is 85.0 Å². The smallest absolute Gasteiger partial charge is 0.328 e. The Balaban J connectivity index is 1.30. The Morgan fingerprint density at radius 2 is 1.97 bits per heavy atom. The molecule has 4 fully saturated rings. The Labute approximate surface area is 198 Å². The maximum Gasteiger partial charge on any atom is 0.436 e. The molecule has 0 spiro atoms. The summed E-state index contributed by atoms with van der Waals surface area (Å²) in [5.41, 5.74) is 8.65. The van der Waals surface area contributed by atoms with E-state index in [1.807, 2.05) is 6.08 Å². The van der Waals surface area contributed by atoms with E-state index in [-0.39, 0.29) is 23.0 Å². The average Bonchev–Trinajstić information content (AvgIpc) is 3.41. The van der Waals surface area contributed by atoms with E-state index in [1.54, 1.807) is 4.90 Å². The summed E-state index contributed by atoms with van der Waals surface area (Å²) in [5, 5.41) is 4.39. The van der Waals surface area contributed by atoms with E-state index < -0.39 is 0 Å². The maximum absolute atomic E-state index is 12.6. The first-order valence-corrected chi connectivity index (χ1v) is 13.2. The lowest BCUT2D eigenvalue weighted by atomic mass is 9.46. The first-order valence-electron chi connectivity index (χ1n) is 13.2. The predicted octanol–water partition coefficient (Wildman–Crippen LogP) is 5.07. The highest BCUT2D eigenvalue weighted by Crippen LogP contribution is 2.66. The second kappa shape index (κ2) is 8.51. The molecule has 5 rings (SSSR count). The lowest BCUT2D eigenvalue weighted by molar-refractivity contribution is -0.117. The molecule has 5 aliphatic rings. The van der Waals surface area contributed by atoms with E-state index in [4.69, 9.17) is 10.6 Å². The normalized spacial score (nSPS) is 43.0. The van der Waals surface area contributed by atoms with Gasteiger partial charge < -0.3 is 10.6 Å². The molecule has 6 heteroatoms. The summed E-state index contributed by atoms with van der Waals surface area (Å²) in [4.78, 5) is 31.8. The third-order valence-corrected chi connectivity index (χ3v) is 10.6. The first kappa shape index (κ1) is 23.1. The van der Waals surface area contributed by atoms with Gasteiger partial charge in [0, 0.05) is 31.5 Å². The van der Waals surface area contributed by atoms with E-state index in [0.717, 1.165) is 43.7 Å². The molecular formula is C27H41N3O3. The molecule has 0 unspecified atom stereocenters. The molecule has 1 aliphatic heterocycles. The Hall–Kier alpha value is -1.69. The highest BCUT2D eigenvalue weighted by molar-refractivity contribution is 5.91. The van der Waals surface area contributed by atoms with Crippen LogP contribution in [0.15, 0.2) is 16.8 Å². The van der Waals surface area contributed by atoms with Gasteiger partial charge in [-0.2, -0.15) is 0 Å². The van der Waals surface area contributed by atoms with E-state index in [2.05, 4.69) is 25.9 Å². The fourth-order valence-electron chi connectivity index (χ4n) is 8.79. The van der Waals surface area contributed by atoms with Gasteiger partial charge >= 0.3 is 6.09 Å². The maximum atomic E-state index is 12.6. The molecule has 4 aliphatic carbocycles. The number of ketones is 1. The van der Waals surface area contributed by atoms with Crippen LogP contribution in [0, 0.1) is 34.5 Å². The molecule has 1 amide bonds. The molecule has 6 nitrogen and oxygen atoms in total. The molecule has 1 saturated heterocycles. The summed E-state index contributed by atoms with van der Waals surface area (Å²) in [6, 6.07) is 0.0818. The predicted molar refractivity (Wildman–Crippen MR) is 129 cm³/mol. The van der Waals surface area contributed by atoms with Crippen molar-refractivity contribution in [3.63, 3.8) is 0 Å².